The molecule has 0 aliphatic carbocycles. The van der Waals surface area contributed by atoms with Gasteiger partial charge < -0.3 is 10.0 Å². The Balaban J connectivity index is 2.26. The maximum atomic E-state index is 9.47. The Morgan fingerprint density at radius 2 is 2.47 bits per heavy atom. The van der Waals surface area contributed by atoms with Crippen LogP contribution in [0.1, 0.15) is 6.42 Å². The zero-order chi connectivity index (χ0) is 10.8. The molecule has 0 amide bonds. The van der Waals surface area contributed by atoms with Crippen molar-refractivity contribution in [3.05, 3.63) is 10.7 Å². The third-order valence-corrected chi connectivity index (χ3v) is 3.47. The molecule has 0 aromatic carbocycles. The number of hydrogen-bond donors (Lipinski definition) is 1. The van der Waals surface area contributed by atoms with Crippen molar-refractivity contribution < 1.29 is 5.11 Å². The first-order valence-electron chi connectivity index (χ1n) is 4.70. The van der Waals surface area contributed by atoms with E-state index in [1.54, 1.807) is 6.20 Å². The number of thioether (sulfide) groups is 1. The second-order valence-electron chi connectivity index (χ2n) is 3.42. The summed E-state index contributed by atoms with van der Waals surface area (Å²) in [5, 5.41) is 10.2. The largest absolute Gasteiger partial charge is 0.391 e. The number of aliphatic hydroxyl groups excluding tert-OH is 1. The predicted molar refractivity (Wildman–Crippen MR) is 64.3 cm³/mol. The van der Waals surface area contributed by atoms with Crippen LogP contribution in [-0.4, -0.2) is 40.5 Å². The molecule has 1 saturated heterocycles. The molecule has 0 radical (unpaired) electrons. The van der Waals surface area contributed by atoms with Gasteiger partial charge in [0.25, 0.3) is 0 Å². The highest BCUT2D eigenvalue weighted by Gasteiger charge is 2.23. The lowest BCUT2D eigenvalue weighted by atomic mass is 10.3. The van der Waals surface area contributed by atoms with Crippen LogP contribution in [0.4, 0.5) is 5.82 Å². The minimum atomic E-state index is -0.232. The van der Waals surface area contributed by atoms with Crippen LogP contribution in [0.15, 0.2) is 15.8 Å². The van der Waals surface area contributed by atoms with Crippen LogP contribution in [0.2, 0.25) is 0 Å². The minimum absolute atomic E-state index is 0.232. The molecule has 1 unspecified atom stereocenters. The quantitative estimate of drug-likeness (QED) is 0.661. The lowest BCUT2D eigenvalue weighted by Gasteiger charge is -2.18. The summed E-state index contributed by atoms with van der Waals surface area (Å²) in [7, 11) is 0. The second-order valence-corrected chi connectivity index (χ2v) is 5.04. The minimum Gasteiger partial charge on any atom is -0.391 e. The van der Waals surface area contributed by atoms with Crippen LogP contribution in [-0.2, 0) is 0 Å². The Hall–Kier alpha value is -0.330. The molecular formula is C9H12BrN3OS. The molecule has 15 heavy (non-hydrogen) atoms. The Kier molecular flexibility index (Phi) is 3.48. The first-order valence-corrected chi connectivity index (χ1v) is 6.72. The van der Waals surface area contributed by atoms with Crippen molar-refractivity contribution >= 4 is 33.5 Å². The van der Waals surface area contributed by atoms with Crippen molar-refractivity contribution in [2.75, 3.05) is 24.2 Å². The topological polar surface area (TPSA) is 49.2 Å². The van der Waals surface area contributed by atoms with Crippen LogP contribution in [0.25, 0.3) is 0 Å². The van der Waals surface area contributed by atoms with Crippen molar-refractivity contribution in [2.45, 2.75) is 17.7 Å². The van der Waals surface area contributed by atoms with Crippen molar-refractivity contribution in [1.29, 1.82) is 0 Å². The number of rotatable bonds is 2. The van der Waals surface area contributed by atoms with Gasteiger partial charge in [-0.3, -0.25) is 0 Å². The highest BCUT2D eigenvalue weighted by molar-refractivity contribution is 9.10. The molecule has 1 aromatic heterocycles. The summed E-state index contributed by atoms with van der Waals surface area (Å²) in [6.07, 6.45) is 4.29. The molecule has 0 saturated carbocycles. The van der Waals surface area contributed by atoms with E-state index in [9.17, 15) is 5.11 Å². The number of β-amino-alcohol motifs (C(OH)–C–C–N with tert-alkyl or cyclic N) is 1. The average Bonchev–Trinajstić information content (AvgIpc) is 2.65. The van der Waals surface area contributed by atoms with Gasteiger partial charge in [0, 0.05) is 19.3 Å². The summed E-state index contributed by atoms with van der Waals surface area (Å²) in [6, 6.07) is 0. The van der Waals surface area contributed by atoms with Crippen LogP contribution >= 0.6 is 27.7 Å². The number of nitrogens with zero attached hydrogens (tertiary/aromatic N) is 3. The van der Waals surface area contributed by atoms with E-state index >= 15 is 0 Å². The van der Waals surface area contributed by atoms with E-state index in [4.69, 9.17) is 0 Å². The van der Waals surface area contributed by atoms with E-state index in [-0.39, 0.29) is 6.10 Å². The fraction of sp³-hybridized carbons (Fsp3) is 0.556. The number of aliphatic hydroxyl groups is 1. The molecule has 1 fully saturated rings. The molecule has 1 aromatic rings. The molecule has 6 heteroatoms. The Bertz CT molecular complexity index is 363. The number of hydrogen-bond acceptors (Lipinski definition) is 5. The summed E-state index contributed by atoms with van der Waals surface area (Å²) in [5.41, 5.74) is 0. The second kappa shape index (κ2) is 4.67. The van der Waals surface area contributed by atoms with Gasteiger partial charge in [-0.1, -0.05) is 11.8 Å². The summed E-state index contributed by atoms with van der Waals surface area (Å²) in [6.45, 7) is 1.51. The molecular weight excluding hydrogens is 278 g/mol. The predicted octanol–water partition coefficient (Wildman–Crippen LogP) is 1.53. The van der Waals surface area contributed by atoms with E-state index in [0.29, 0.717) is 6.54 Å². The number of aromatic nitrogens is 2. The lowest BCUT2D eigenvalue weighted by Crippen LogP contribution is -2.22. The third-order valence-electron chi connectivity index (χ3n) is 2.35. The highest BCUT2D eigenvalue weighted by atomic mass is 79.9. The first kappa shape index (κ1) is 11.2. The monoisotopic (exact) mass is 289 g/mol. The molecule has 4 nitrogen and oxygen atoms in total. The van der Waals surface area contributed by atoms with Gasteiger partial charge in [0.2, 0.25) is 0 Å². The van der Waals surface area contributed by atoms with E-state index in [0.717, 1.165) is 28.4 Å². The summed E-state index contributed by atoms with van der Waals surface area (Å²) < 4.78 is 0.884. The fourth-order valence-corrected chi connectivity index (χ4v) is 2.37. The Labute approximate surface area is 101 Å². The average molecular weight is 290 g/mol. The van der Waals surface area contributed by atoms with E-state index in [1.165, 1.54) is 11.8 Å². The lowest BCUT2D eigenvalue weighted by molar-refractivity contribution is 0.198. The molecule has 2 heterocycles. The third kappa shape index (κ3) is 2.43. The van der Waals surface area contributed by atoms with Crippen molar-refractivity contribution in [3.8, 4) is 0 Å². The van der Waals surface area contributed by atoms with Gasteiger partial charge in [-0.15, -0.1) is 0 Å². The molecule has 0 bridgehead atoms. The van der Waals surface area contributed by atoms with Gasteiger partial charge >= 0.3 is 0 Å². The summed E-state index contributed by atoms with van der Waals surface area (Å²) in [5.74, 6) is 0.880. The van der Waals surface area contributed by atoms with Crippen LogP contribution in [0, 0.1) is 0 Å². The van der Waals surface area contributed by atoms with Crippen molar-refractivity contribution in [1.82, 2.24) is 9.97 Å². The molecule has 82 valence electrons. The van der Waals surface area contributed by atoms with Gasteiger partial charge in [-0.2, -0.15) is 0 Å². The maximum absolute atomic E-state index is 9.47. The summed E-state index contributed by atoms with van der Waals surface area (Å²) in [4.78, 5) is 10.7. The van der Waals surface area contributed by atoms with Gasteiger partial charge in [0.05, 0.1) is 10.6 Å². The van der Waals surface area contributed by atoms with Gasteiger partial charge in [0.1, 0.15) is 5.82 Å². The smallest absolute Gasteiger partial charge is 0.189 e. The van der Waals surface area contributed by atoms with Crippen LogP contribution in [0.5, 0.6) is 0 Å². The first-order chi connectivity index (χ1) is 7.20. The zero-order valence-corrected chi connectivity index (χ0v) is 10.8. The SMILES string of the molecule is CSc1ncc(Br)c(N2CCC(O)C2)n1. The maximum Gasteiger partial charge on any atom is 0.189 e. The summed E-state index contributed by atoms with van der Waals surface area (Å²) >= 11 is 4.95. The highest BCUT2D eigenvalue weighted by Crippen LogP contribution is 2.27. The molecule has 0 spiro atoms. The van der Waals surface area contributed by atoms with Gasteiger partial charge in [0.15, 0.2) is 5.16 Å². The van der Waals surface area contributed by atoms with E-state index in [2.05, 4.69) is 30.8 Å². The van der Waals surface area contributed by atoms with Crippen LogP contribution in [0.3, 0.4) is 0 Å². The molecule has 1 aliphatic heterocycles. The zero-order valence-electron chi connectivity index (χ0n) is 8.35. The molecule has 2 rings (SSSR count). The normalized spacial score (nSPS) is 21.0. The Morgan fingerprint density at radius 1 is 1.67 bits per heavy atom. The van der Waals surface area contributed by atoms with E-state index < -0.39 is 0 Å². The van der Waals surface area contributed by atoms with Crippen LogP contribution < -0.4 is 4.90 Å². The molecule has 1 N–H and O–H groups in total. The van der Waals surface area contributed by atoms with Crippen molar-refractivity contribution in [3.63, 3.8) is 0 Å². The van der Waals surface area contributed by atoms with Gasteiger partial charge in [-0.25, -0.2) is 9.97 Å². The van der Waals surface area contributed by atoms with Crippen molar-refractivity contribution in [2.24, 2.45) is 0 Å². The molecule has 1 atom stereocenters. The van der Waals surface area contributed by atoms with E-state index in [1.807, 2.05) is 6.26 Å². The van der Waals surface area contributed by atoms with Gasteiger partial charge in [-0.05, 0) is 28.6 Å². The fourth-order valence-electron chi connectivity index (χ4n) is 1.60. The number of anilines is 1. The molecule has 1 aliphatic rings. The Morgan fingerprint density at radius 3 is 3.07 bits per heavy atom. The standard InChI is InChI=1S/C9H12BrN3OS/c1-15-9-11-4-7(10)8(12-9)13-3-2-6(14)5-13/h4,6,14H,2-3,5H2,1H3. The number of halogens is 1.